The zero-order chi connectivity index (χ0) is 13.3. The quantitative estimate of drug-likeness (QED) is 0.902. The molecule has 1 N–H and O–H groups in total. The molecule has 0 aliphatic heterocycles. The van der Waals surface area contributed by atoms with Gasteiger partial charge in [-0.1, -0.05) is 11.6 Å². The van der Waals surface area contributed by atoms with Crippen molar-refractivity contribution in [2.24, 2.45) is 0 Å². The lowest BCUT2D eigenvalue weighted by Crippen LogP contribution is -2.20. The van der Waals surface area contributed by atoms with E-state index >= 15 is 0 Å². The van der Waals surface area contributed by atoms with Crippen LogP contribution in [0.1, 0.15) is 17.3 Å². The standard InChI is InChI=1S/C13H13ClN2O2/c1-3-16-11-5-4-8(13(18)15-2)6-9(11)10(14)7-12(16)17/h4-7H,3H2,1-2H3,(H,15,18). The highest BCUT2D eigenvalue weighted by Crippen LogP contribution is 2.22. The topological polar surface area (TPSA) is 51.1 Å². The highest BCUT2D eigenvalue weighted by atomic mass is 35.5. The number of benzene rings is 1. The van der Waals surface area contributed by atoms with Gasteiger partial charge in [-0.25, -0.2) is 0 Å². The molecule has 0 spiro atoms. The summed E-state index contributed by atoms with van der Waals surface area (Å²) in [5.74, 6) is -0.179. The van der Waals surface area contributed by atoms with Crippen LogP contribution in [0.3, 0.4) is 0 Å². The molecule has 0 fully saturated rings. The van der Waals surface area contributed by atoms with Gasteiger partial charge in [-0.15, -0.1) is 0 Å². The van der Waals surface area contributed by atoms with Crippen LogP contribution in [0, 0.1) is 0 Å². The number of halogens is 1. The van der Waals surface area contributed by atoms with E-state index in [4.69, 9.17) is 11.6 Å². The zero-order valence-electron chi connectivity index (χ0n) is 10.2. The van der Waals surface area contributed by atoms with Gasteiger partial charge < -0.3 is 9.88 Å². The second-order valence-electron chi connectivity index (χ2n) is 3.89. The van der Waals surface area contributed by atoms with E-state index in [1.807, 2.05) is 6.92 Å². The van der Waals surface area contributed by atoms with Gasteiger partial charge in [0.05, 0.1) is 10.5 Å². The van der Waals surface area contributed by atoms with Gasteiger partial charge in [0.2, 0.25) is 0 Å². The average Bonchev–Trinajstić information content (AvgIpc) is 2.38. The van der Waals surface area contributed by atoms with Crippen LogP contribution in [0.5, 0.6) is 0 Å². The fourth-order valence-corrected chi connectivity index (χ4v) is 2.20. The number of pyridine rings is 1. The molecular weight excluding hydrogens is 252 g/mol. The minimum atomic E-state index is -0.179. The minimum absolute atomic E-state index is 0.136. The number of fused-ring (bicyclic) bond motifs is 1. The van der Waals surface area contributed by atoms with Crippen molar-refractivity contribution in [2.45, 2.75) is 13.5 Å². The van der Waals surface area contributed by atoms with Gasteiger partial charge >= 0.3 is 0 Å². The maximum atomic E-state index is 11.8. The number of aromatic nitrogens is 1. The van der Waals surface area contributed by atoms with Crippen LogP contribution < -0.4 is 10.9 Å². The predicted octanol–water partition coefficient (Wildman–Crippen LogP) is 2.03. The third kappa shape index (κ3) is 1.99. The molecule has 18 heavy (non-hydrogen) atoms. The first kappa shape index (κ1) is 12.6. The molecule has 2 aromatic rings. The number of hydrogen-bond donors (Lipinski definition) is 1. The molecule has 4 nitrogen and oxygen atoms in total. The Kier molecular flexibility index (Phi) is 3.39. The third-order valence-electron chi connectivity index (χ3n) is 2.87. The highest BCUT2D eigenvalue weighted by Gasteiger charge is 2.10. The number of carbonyl (C=O) groups excluding carboxylic acids is 1. The molecule has 2 rings (SSSR count). The second kappa shape index (κ2) is 4.82. The largest absolute Gasteiger partial charge is 0.355 e. The van der Waals surface area contributed by atoms with Gasteiger partial charge in [-0.05, 0) is 25.1 Å². The molecule has 0 radical (unpaired) electrons. The number of carbonyl (C=O) groups is 1. The van der Waals surface area contributed by atoms with Crippen molar-refractivity contribution in [3.8, 4) is 0 Å². The van der Waals surface area contributed by atoms with Crippen LogP contribution in [0.2, 0.25) is 5.02 Å². The highest BCUT2D eigenvalue weighted by molar-refractivity contribution is 6.35. The molecule has 0 atom stereocenters. The van der Waals surface area contributed by atoms with E-state index in [-0.39, 0.29) is 11.5 Å². The van der Waals surface area contributed by atoms with Gasteiger partial charge in [0.1, 0.15) is 0 Å². The Hall–Kier alpha value is -1.81. The van der Waals surface area contributed by atoms with Gasteiger partial charge in [-0.2, -0.15) is 0 Å². The summed E-state index contributed by atoms with van der Waals surface area (Å²) in [5, 5.41) is 3.63. The Balaban J connectivity index is 2.79. The summed E-state index contributed by atoms with van der Waals surface area (Å²) in [6.07, 6.45) is 0. The number of nitrogens with one attached hydrogen (secondary N) is 1. The van der Waals surface area contributed by atoms with E-state index in [0.29, 0.717) is 22.5 Å². The first-order valence-electron chi connectivity index (χ1n) is 5.63. The molecule has 0 aliphatic rings. The van der Waals surface area contributed by atoms with Crippen molar-refractivity contribution >= 4 is 28.4 Å². The van der Waals surface area contributed by atoms with Crippen molar-refractivity contribution in [2.75, 3.05) is 7.05 Å². The number of rotatable bonds is 2. The number of amides is 1. The molecule has 94 valence electrons. The monoisotopic (exact) mass is 264 g/mol. The van der Waals surface area contributed by atoms with E-state index in [9.17, 15) is 9.59 Å². The molecule has 1 aromatic carbocycles. The Morgan fingerprint density at radius 1 is 1.39 bits per heavy atom. The Bertz CT molecular complexity index is 676. The first-order valence-corrected chi connectivity index (χ1v) is 6.01. The maximum Gasteiger partial charge on any atom is 0.252 e. The van der Waals surface area contributed by atoms with E-state index in [0.717, 1.165) is 5.52 Å². The van der Waals surface area contributed by atoms with Gasteiger partial charge in [0.25, 0.3) is 11.5 Å². The van der Waals surface area contributed by atoms with Crippen LogP contribution in [0.15, 0.2) is 29.1 Å². The summed E-state index contributed by atoms with van der Waals surface area (Å²) in [6, 6.07) is 6.50. The number of nitrogens with zero attached hydrogens (tertiary/aromatic N) is 1. The molecule has 1 heterocycles. The number of hydrogen-bond acceptors (Lipinski definition) is 2. The fraction of sp³-hybridized carbons (Fsp3) is 0.231. The molecule has 0 aliphatic carbocycles. The SMILES string of the molecule is CCn1c(=O)cc(Cl)c2cc(C(=O)NC)ccc21. The summed E-state index contributed by atoms with van der Waals surface area (Å²) in [7, 11) is 1.57. The molecule has 0 saturated carbocycles. The first-order chi connectivity index (χ1) is 8.58. The van der Waals surface area contributed by atoms with E-state index in [1.54, 1.807) is 29.8 Å². The van der Waals surface area contributed by atoms with E-state index in [1.165, 1.54) is 6.07 Å². The predicted molar refractivity (Wildman–Crippen MR) is 72.3 cm³/mol. The smallest absolute Gasteiger partial charge is 0.252 e. The summed E-state index contributed by atoms with van der Waals surface area (Å²) in [5.41, 5.74) is 1.12. The Labute approximate surface area is 109 Å². The van der Waals surface area contributed by atoms with Crippen LogP contribution in [-0.2, 0) is 6.54 Å². The third-order valence-corrected chi connectivity index (χ3v) is 3.18. The summed E-state index contributed by atoms with van der Waals surface area (Å²) >= 11 is 6.07. The molecule has 0 bridgehead atoms. The molecule has 1 aromatic heterocycles. The zero-order valence-corrected chi connectivity index (χ0v) is 10.9. The lowest BCUT2D eigenvalue weighted by molar-refractivity contribution is 0.0963. The molecule has 5 heteroatoms. The summed E-state index contributed by atoms with van der Waals surface area (Å²) in [6.45, 7) is 2.45. The normalized spacial score (nSPS) is 10.6. The summed E-state index contributed by atoms with van der Waals surface area (Å²) < 4.78 is 1.62. The Morgan fingerprint density at radius 3 is 2.72 bits per heavy atom. The maximum absolute atomic E-state index is 11.8. The molecule has 0 unspecified atom stereocenters. The van der Waals surface area contributed by atoms with E-state index < -0.39 is 0 Å². The summed E-state index contributed by atoms with van der Waals surface area (Å²) in [4.78, 5) is 23.3. The molecular formula is C13H13ClN2O2. The fourth-order valence-electron chi connectivity index (χ4n) is 1.96. The van der Waals surface area contributed by atoms with Crippen LogP contribution in [0.25, 0.3) is 10.9 Å². The van der Waals surface area contributed by atoms with Crippen LogP contribution >= 0.6 is 11.6 Å². The average molecular weight is 265 g/mol. The van der Waals surface area contributed by atoms with Gasteiger partial charge in [-0.3, -0.25) is 9.59 Å². The lowest BCUT2D eigenvalue weighted by Gasteiger charge is -2.10. The van der Waals surface area contributed by atoms with Gasteiger partial charge in [0, 0.05) is 30.6 Å². The van der Waals surface area contributed by atoms with Crippen molar-refractivity contribution < 1.29 is 4.79 Å². The minimum Gasteiger partial charge on any atom is -0.355 e. The molecule has 1 amide bonds. The van der Waals surface area contributed by atoms with Crippen molar-refractivity contribution in [3.05, 3.63) is 45.2 Å². The van der Waals surface area contributed by atoms with Crippen molar-refractivity contribution in [1.29, 1.82) is 0 Å². The van der Waals surface area contributed by atoms with Crippen LogP contribution in [0.4, 0.5) is 0 Å². The van der Waals surface area contributed by atoms with Crippen molar-refractivity contribution in [3.63, 3.8) is 0 Å². The van der Waals surface area contributed by atoms with E-state index in [2.05, 4.69) is 5.32 Å². The van der Waals surface area contributed by atoms with Gasteiger partial charge in [0.15, 0.2) is 0 Å². The van der Waals surface area contributed by atoms with Crippen LogP contribution in [-0.4, -0.2) is 17.5 Å². The van der Waals surface area contributed by atoms with Crippen molar-refractivity contribution in [1.82, 2.24) is 9.88 Å². The Morgan fingerprint density at radius 2 is 2.11 bits per heavy atom. The molecule has 0 saturated heterocycles. The number of aryl methyl sites for hydroxylation is 1. The lowest BCUT2D eigenvalue weighted by atomic mass is 10.1. The second-order valence-corrected chi connectivity index (χ2v) is 4.29.